The third-order valence-corrected chi connectivity index (χ3v) is 5.87. The van der Waals surface area contributed by atoms with Gasteiger partial charge in [-0.2, -0.15) is 0 Å². The number of phenols is 1. The van der Waals surface area contributed by atoms with Crippen LogP contribution in [0.25, 0.3) is 5.57 Å². The van der Waals surface area contributed by atoms with Gasteiger partial charge in [-0.05, 0) is 77.2 Å². The Hall–Kier alpha value is -2.40. The molecule has 0 aliphatic carbocycles. The van der Waals surface area contributed by atoms with E-state index in [-0.39, 0.29) is 16.8 Å². The summed E-state index contributed by atoms with van der Waals surface area (Å²) in [5.41, 5.74) is 4.14. The van der Waals surface area contributed by atoms with Crippen LogP contribution in [0.1, 0.15) is 71.9 Å². The van der Waals surface area contributed by atoms with Crippen LogP contribution in [-0.2, 0) is 0 Å². The molecule has 1 heterocycles. The molecule has 1 aromatic rings. The molecule has 1 aliphatic heterocycles. The lowest BCUT2D eigenvalue weighted by Gasteiger charge is -2.49. The van der Waals surface area contributed by atoms with Crippen molar-refractivity contribution in [2.45, 2.75) is 77.9 Å². The molecule has 1 aliphatic rings. The lowest BCUT2D eigenvalue weighted by atomic mass is 9.79. The largest absolute Gasteiger partial charge is 0.507 e. The molecule has 0 spiro atoms. The van der Waals surface area contributed by atoms with Gasteiger partial charge in [0, 0.05) is 47.8 Å². The summed E-state index contributed by atoms with van der Waals surface area (Å²) in [6.45, 7) is 17.0. The molecule has 3 N–H and O–H groups in total. The molecule has 0 bridgehead atoms. The molecular weight excluding hydrogens is 372 g/mol. The highest BCUT2D eigenvalue weighted by Crippen LogP contribution is 2.32. The Morgan fingerprint density at radius 1 is 1.30 bits per heavy atom. The van der Waals surface area contributed by atoms with E-state index in [1.54, 1.807) is 6.07 Å². The quantitative estimate of drug-likeness (QED) is 0.530. The fraction of sp³-hybridized carbons (Fsp3) is 0.520. The highest BCUT2D eigenvalue weighted by Gasteiger charge is 2.39. The summed E-state index contributed by atoms with van der Waals surface area (Å²) < 4.78 is 0. The monoisotopic (exact) mass is 410 g/mol. The van der Waals surface area contributed by atoms with Gasteiger partial charge in [0.25, 0.3) is 0 Å². The maximum atomic E-state index is 10.5. The second-order valence-corrected chi connectivity index (χ2v) is 9.67. The normalized spacial score (nSPS) is 19.4. The van der Waals surface area contributed by atoms with Crippen molar-refractivity contribution in [1.29, 1.82) is 5.41 Å². The highest BCUT2D eigenvalue weighted by atomic mass is 16.3. The minimum Gasteiger partial charge on any atom is -0.507 e. The maximum Gasteiger partial charge on any atom is 0.125 e. The Bertz CT molecular complexity index is 848. The number of hydrogen-bond donors (Lipinski definition) is 3. The fourth-order valence-electron chi connectivity index (χ4n) is 4.50. The standard InChI is InChI=1S/C25H38N4O/c1-9-22(21-11-10-19(12-23(21)30)17(2)15-26)27-16-18(3)29(8)20-13-24(4,5)28-25(6,7)14-20/h10-12,15-16,20,26,28,30H,2,9,13-14H2,1,3-8H3/b18-16+,26-15?,27-22?. The molecule has 1 aromatic carbocycles. The molecule has 30 heavy (non-hydrogen) atoms. The molecule has 0 unspecified atom stereocenters. The van der Waals surface area contributed by atoms with Crippen LogP contribution < -0.4 is 5.32 Å². The molecule has 0 radical (unpaired) electrons. The van der Waals surface area contributed by atoms with Gasteiger partial charge in [0.1, 0.15) is 5.75 Å². The summed E-state index contributed by atoms with van der Waals surface area (Å²) in [5, 5.41) is 21.6. The van der Waals surface area contributed by atoms with E-state index in [0.29, 0.717) is 18.0 Å². The first-order valence-electron chi connectivity index (χ1n) is 10.7. The molecule has 0 aromatic heterocycles. The van der Waals surface area contributed by atoms with Gasteiger partial charge in [-0.3, -0.25) is 4.99 Å². The Balaban J connectivity index is 2.25. The topological polar surface area (TPSA) is 71.7 Å². The van der Waals surface area contributed by atoms with Crippen LogP contribution in [0.2, 0.25) is 0 Å². The minimum absolute atomic E-state index is 0.0901. The van der Waals surface area contributed by atoms with Gasteiger partial charge in [-0.25, -0.2) is 0 Å². The van der Waals surface area contributed by atoms with Gasteiger partial charge in [0.15, 0.2) is 0 Å². The lowest BCUT2D eigenvalue weighted by molar-refractivity contribution is 0.0987. The second-order valence-electron chi connectivity index (χ2n) is 9.67. The van der Waals surface area contributed by atoms with E-state index in [1.165, 1.54) is 6.21 Å². The Morgan fingerprint density at radius 3 is 2.40 bits per heavy atom. The fourth-order valence-corrected chi connectivity index (χ4v) is 4.50. The number of aliphatic imine (C=N–C) groups is 1. The van der Waals surface area contributed by atoms with Crippen molar-refractivity contribution in [2.75, 3.05) is 7.05 Å². The van der Waals surface area contributed by atoms with Gasteiger partial charge in [-0.1, -0.05) is 19.6 Å². The van der Waals surface area contributed by atoms with Crippen molar-refractivity contribution in [2.24, 2.45) is 4.99 Å². The third-order valence-electron chi connectivity index (χ3n) is 5.87. The number of allylic oxidation sites excluding steroid dienone is 2. The number of nitrogens with one attached hydrogen (secondary N) is 2. The molecule has 164 valence electrons. The number of piperidine rings is 1. The van der Waals surface area contributed by atoms with Crippen LogP contribution in [-0.4, -0.2) is 46.1 Å². The van der Waals surface area contributed by atoms with Crippen LogP contribution in [0.3, 0.4) is 0 Å². The van der Waals surface area contributed by atoms with Gasteiger partial charge < -0.3 is 20.7 Å². The van der Waals surface area contributed by atoms with Crippen molar-refractivity contribution in [3.05, 3.63) is 47.8 Å². The van der Waals surface area contributed by atoms with E-state index < -0.39 is 0 Å². The van der Waals surface area contributed by atoms with Crippen LogP contribution in [0.4, 0.5) is 0 Å². The molecule has 5 heteroatoms. The number of benzene rings is 1. The van der Waals surface area contributed by atoms with E-state index in [9.17, 15) is 5.11 Å². The first-order chi connectivity index (χ1) is 13.9. The lowest BCUT2D eigenvalue weighted by Crippen LogP contribution is -2.61. The van der Waals surface area contributed by atoms with Crippen molar-refractivity contribution in [1.82, 2.24) is 10.2 Å². The van der Waals surface area contributed by atoms with E-state index in [2.05, 4.69) is 58.5 Å². The van der Waals surface area contributed by atoms with Crippen molar-refractivity contribution >= 4 is 17.5 Å². The average Bonchev–Trinajstić information content (AvgIpc) is 2.65. The summed E-state index contributed by atoms with van der Waals surface area (Å²) >= 11 is 0. The van der Waals surface area contributed by atoms with E-state index in [0.717, 1.165) is 35.4 Å². The molecular formula is C25H38N4O. The Morgan fingerprint density at radius 2 is 1.90 bits per heavy atom. The number of nitrogens with zero attached hydrogens (tertiary/aromatic N) is 2. The molecule has 2 rings (SSSR count). The number of rotatable bonds is 7. The SMILES string of the molecule is C=C(C=N)c1ccc(C(CC)=N/C=C(\C)N(C)C2CC(C)(C)NC(C)(C)C2)c(O)c1. The molecule has 5 nitrogen and oxygen atoms in total. The predicted octanol–water partition coefficient (Wildman–Crippen LogP) is 5.36. The van der Waals surface area contributed by atoms with Crippen LogP contribution in [0.5, 0.6) is 5.75 Å². The summed E-state index contributed by atoms with van der Waals surface area (Å²) in [4.78, 5) is 7.06. The van der Waals surface area contributed by atoms with Crippen LogP contribution >= 0.6 is 0 Å². The second kappa shape index (κ2) is 9.17. The minimum atomic E-state index is 0.0901. The third kappa shape index (κ3) is 5.82. The predicted molar refractivity (Wildman–Crippen MR) is 129 cm³/mol. The zero-order valence-electron chi connectivity index (χ0n) is 19.6. The van der Waals surface area contributed by atoms with Crippen LogP contribution in [0.15, 0.2) is 41.7 Å². The zero-order valence-corrected chi connectivity index (χ0v) is 19.6. The van der Waals surface area contributed by atoms with Gasteiger partial charge in [0.2, 0.25) is 0 Å². The smallest absolute Gasteiger partial charge is 0.125 e. The van der Waals surface area contributed by atoms with Gasteiger partial charge in [0.05, 0.1) is 5.71 Å². The molecule has 1 fully saturated rings. The average molecular weight is 411 g/mol. The maximum absolute atomic E-state index is 10.5. The molecule has 0 saturated carbocycles. The number of hydrogen-bond acceptors (Lipinski definition) is 5. The van der Waals surface area contributed by atoms with E-state index >= 15 is 0 Å². The summed E-state index contributed by atoms with van der Waals surface area (Å²) in [6, 6.07) is 5.81. The summed E-state index contributed by atoms with van der Waals surface area (Å²) in [7, 11) is 2.14. The van der Waals surface area contributed by atoms with E-state index in [1.807, 2.05) is 25.3 Å². The van der Waals surface area contributed by atoms with Gasteiger partial charge in [-0.15, -0.1) is 0 Å². The number of aromatic hydroxyl groups is 1. The van der Waals surface area contributed by atoms with Crippen LogP contribution in [0, 0.1) is 5.41 Å². The first-order valence-corrected chi connectivity index (χ1v) is 10.7. The molecule has 0 atom stereocenters. The van der Waals surface area contributed by atoms with Crippen molar-refractivity contribution in [3.8, 4) is 5.75 Å². The summed E-state index contributed by atoms with van der Waals surface area (Å²) in [5.74, 6) is 0.164. The zero-order chi connectivity index (χ0) is 22.7. The first kappa shape index (κ1) is 23.9. The van der Waals surface area contributed by atoms with Crippen molar-refractivity contribution in [3.63, 3.8) is 0 Å². The van der Waals surface area contributed by atoms with Gasteiger partial charge >= 0.3 is 0 Å². The summed E-state index contributed by atoms with van der Waals surface area (Å²) in [6.07, 6.45) is 5.95. The van der Waals surface area contributed by atoms with Crippen molar-refractivity contribution < 1.29 is 5.11 Å². The van der Waals surface area contributed by atoms with E-state index in [4.69, 9.17) is 10.4 Å². The Labute approximate surface area is 182 Å². The molecule has 0 amide bonds. The Kier molecular flexibility index (Phi) is 7.30. The number of phenolic OH excluding ortho intramolecular Hbond substituents is 1. The molecule has 1 saturated heterocycles. The highest BCUT2D eigenvalue weighted by molar-refractivity contribution is 6.08.